The van der Waals surface area contributed by atoms with E-state index in [0.29, 0.717) is 19.2 Å². The maximum absolute atomic E-state index is 13.3. The second kappa shape index (κ2) is 9.72. The molecule has 4 rings (SSSR count). The van der Waals surface area contributed by atoms with Crippen LogP contribution >= 0.6 is 0 Å². The molecule has 31 heavy (non-hydrogen) atoms. The van der Waals surface area contributed by atoms with Crippen molar-refractivity contribution in [1.29, 1.82) is 0 Å². The Labute approximate surface area is 184 Å². The number of aromatic nitrogens is 2. The van der Waals surface area contributed by atoms with Crippen molar-refractivity contribution in [2.45, 2.75) is 44.4 Å². The molecule has 2 saturated heterocycles. The molecule has 2 aliphatic heterocycles. The number of anilines is 1. The fraction of sp³-hybridized carbons (Fsp3) is 0.522. The maximum atomic E-state index is 13.3. The molecule has 3 heterocycles. The highest BCUT2D eigenvalue weighted by Gasteiger charge is 2.42. The zero-order valence-corrected chi connectivity index (χ0v) is 18.5. The normalized spacial score (nSPS) is 23.3. The molecule has 1 aromatic heterocycles. The van der Waals surface area contributed by atoms with Gasteiger partial charge in [-0.3, -0.25) is 15.6 Å². The first-order chi connectivity index (χ1) is 15.1. The lowest BCUT2D eigenvalue weighted by Crippen LogP contribution is -2.50. The van der Waals surface area contributed by atoms with Crippen LogP contribution in [0.25, 0.3) is 0 Å². The summed E-state index contributed by atoms with van der Waals surface area (Å²) in [7, 11) is 3.89. The van der Waals surface area contributed by atoms with Gasteiger partial charge in [-0.25, -0.2) is 9.97 Å². The Kier molecular flexibility index (Phi) is 6.80. The second-order valence-electron chi connectivity index (χ2n) is 8.38. The van der Waals surface area contributed by atoms with Crippen molar-refractivity contribution >= 4 is 11.9 Å². The average Bonchev–Trinajstić information content (AvgIpc) is 3.47. The van der Waals surface area contributed by atoms with E-state index in [1.165, 1.54) is 0 Å². The Morgan fingerprint density at radius 3 is 2.81 bits per heavy atom. The number of carbonyl (C=O) groups is 1. The van der Waals surface area contributed by atoms with Crippen LogP contribution in [0.2, 0.25) is 0 Å². The lowest BCUT2D eigenvalue weighted by atomic mass is 9.90. The van der Waals surface area contributed by atoms with E-state index in [4.69, 9.17) is 9.72 Å². The number of hydrogen-bond acceptors (Lipinski definition) is 7. The first-order valence-corrected chi connectivity index (χ1v) is 11.0. The number of nitrogens with zero attached hydrogens (tertiary/aromatic N) is 4. The van der Waals surface area contributed by atoms with Crippen molar-refractivity contribution in [2.24, 2.45) is 0 Å². The quantitative estimate of drug-likeness (QED) is 0.703. The summed E-state index contributed by atoms with van der Waals surface area (Å²) in [6.07, 6.45) is 3.81. The third-order valence-electron chi connectivity index (χ3n) is 6.12. The van der Waals surface area contributed by atoms with Gasteiger partial charge in [-0.2, -0.15) is 0 Å². The third-order valence-corrected chi connectivity index (χ3v) is 6.12. The van der Waals surface area contributed by atoms with Gasteiger partial charge in [0.15, 0.2) is 0 Å². The van der Waals surface area contributed by atoms with E-state index >= 15 is 0 Å². The van der Waals surface area contributed by atoms with Crippen LogP contribution in [0.4, 0.5) is 5.95 Å². The van der Waals surface area contributed by atoms with Gasteiger partial charge in [-0.15, -0.1) is 0 Å². The van der Waals surface area contributed by atoms with Crippen molar-refractivity contribution in [1.82, 2.24) is 25.7 Å². The van der Waals surface area contributed by atoms with Crippen molar-refractivity contribution in [3.8, 4) is 0 Å². The van der Waals surface area contributed by atoms with Gasteiger partial charge < -0.3 is 14.5 Å². The summed E-state index contributed by atoms with van der Waals surface area (Å²) >= 11 is 0. The van der Waals surface area contributed by atoms with Gasteiger partial charge in [0.2, 0.25) is 5.95 Å². The molecule has 0 bridgehead atoms. The number of likely N-dealkylation sites (tertiary alicyclic amines) is 1. The minimum atomic E-state index is 0.0922. The van der Waals surface area contributed by atoms with Crippen LogP contribution in [0.3, 0.4) is 0 Å². The van der Waals surface area contributed by atoms with Crippen LogP contribution in [-0.4, -0.2) is 66.7 Å². The van der Waals surface area contributed by atoms with Gasteiger partial charge in [0.25, 0.3) is 5.91 Å². The molecule has 1 aromatic carbocycles. The Balaban J connectivity index is 1.50. The van der Waals surface area contributed by atoms with Crippen LogP contribution in [0.5, 0.6) is 0 Å². The van der Waals surface area contributed by atoms with E-state index < -0.39 is 0 Å². The minimum absolute atomic E-state index is 0.0922. The fourth-order valence-corrected chi connectivity index (χ4v) is 4.50. The molecule has 2 aromatic rings. The highest BCUT2D eigenvalue weighted by Crippen LogP contribution is 2.32. The summed E-state index contributed by atoms with van der Waals surface area (Å²) in [5.74, 6) is 0.970. The van der Waals surface area contributed by atoms with E-state index in [1.54, 1.807) is 0 Å². The number of hydrogen-bond donors (Lipinski definition) is 2. The van der Waals surface area contributed by atoms with Gasteiger partial charge in [-0.1, -0.05) is 12.1 Å². The summed E-state index contributed by atoms with van der Waals surface area (Å²) in [6.45, 7) is 4.79. The molecule has 2 N–H and O–H groups in total. The molecule has 3 unspecified atom stereocenters. The summed E-state index contributed by atoms with van der Waals surface area (Å²) in [5.41, 5.74) is 9.54. The number of ether oxygens (including phenoxy) is 1. The van der Waals surface area contributed by atoms with Crippen molar-refractivity contribution < 1.29 is 9.53 Å². The van der Waals surface area contributed by atoms with E-state index in [2.05, 4.69) is 15.8 Å². The maximum Gasteiger partial charge on any atom is 0.254 e. The van der Waals surface area contributed by atoms with Gasteiger partial charge in [0.1, 0.15) is 0 Å². The first kappa shape index (κ1) is 21.7. The Bertz CT molecular complexity index is 888. The van der Waals surface area contributed by atoms with Crippen molar-refractivity contribution in [3.05, 3.63) is 53.3 Å². The van der Waals surface area contributed by atoms with Crippen LogP contribution in [0.1, 0.15) is 47.3 Å². The molecule has 3 atom stereocenters. The Morgan fingerprint density at radius 1 is 1.26 bits per heavy atom. The number of benzene rings is 1. The standard InChI is InChI=1S/C23H32N6O2/c1-4-31-15-16-7-9-17(10-8-16)22(30)29-13-5-6-20(29)21-18(14-25-27-21)19-11-12-24-23(26-19)28(2)3/h7-12,18,20-21,25,27H,4-6,13-15H2,1-3H3. The topological polar surface area (TPSA) is 82.6 Å². The van der Waals surface area contributed by atoms with Crippen LogP contribution in [0, 0.1) is 0 Å². The highest BCUT2D eigenvalue weighted by molar-refractivity contribution is 5.94. The number of nitrogens with one attached hydrogen (secondary N) is 2. The van der Waals surface area contributed by atoms with E-state index in [9.17, 15) is 4.79 Å². The Hall–Kier alpha value is -2.55. The molecular weight excluding hydrogens is 392 g/mol. The SMILES string of the molecule is CCOCc1ccc(C(=O)N2CCCC2C2NNCC2c2ccnc(N(C)C)n2)cc1. The summed E-state index contributed by atoms with van der Waals surface area (Å²) < 4.78 is 5.46. The zero-order valence-electron chi connectivity index (χ0n) is 18.5. The van der Waals surface area contributed by atoms with E-state index in [0.717, 1.165) is 42.8 Å². The predicted molar refractivity (Wildman–Crippen MR) is 120 cm³/mol. The minimum Gasteiger partial charge on any atom is -0.377 e. The van der Waals surface area contributed by atoms with E-state index in [1.807, 2.05) is 67.3 Å². The zero-order chi connectivity index (χ0) is 21.8. The molecule has 2 aliphatic rings. The largest absolute Gasteiger partial charge is 0.377 e. The van der Waals surface area contributed by atoms with E-state index in [-0.39, 0.29) is 23.9 Å². The lowest BCUT2D eigenvalue weighted by Gasteiger charge is -2.32. The van der Waals surface area contributed by atoms with Gasteiger partial charge in [0.05, 0.1) is 18.3 Å². The van der Waals surface area contributed by atoms with Gasteiger partial charge >= 0.3 is 0 Å². The van der Waals surface area contributed by atoms with Gasteiger partial charge in [-0.05, 0) is 43.5 Å². The number of rotatable bonds is 7. The molecule has 0 saturated carbocycles. The third kappa shape index (κ3) is 4.71. The molecule has 8 heteroatoms. The first-order valence-electron chi connectivity index (χ1n) is 11.0. The van der Waals surface area contributed by atoms with Crippen LogP contribution in [-0.2, 0) is 11.3 Å². The molecule has 2 fully saturated rings. The molecule has 0 radical (unpaired) electrons. The molecule has 8 nitrogen and oxygen atoms in total. The van der Waals surface area contributed by atoms with Crippen molar-refractivity contribution in [2.75, 3.05) is 38.7 Å². The number of carbonyl (C=O) groups excluding carboxylic acids is 1. The summed E-state index contributed by atoms with van der Waals surface area (Å²) in [4.78, 5) is 26.4. The monoisotopic (exact) mass is 424 g/mol. The predicted octanol–water partition coefficient (Wildman–Crippen LogP) is 1.94. The fourth-order valence-electron chi connectivity index (χ4n) is 4.50. The Morgan fingerprint density at radius 2 is 2.06 bits per heavy atom. The molecule has 166 valence electrons. The van der Waals surface area contributed by atoms with Crippen LogP contribution in [0.15, 0.2) is 36.5 Å². The second-order valence-corrected chi connectivity index (χ2v) is 8.38. The molecule has 0 aliphatic carbocycles. The van der Waals surface area contributed by atoms with Crippen LogP contribution < -0.4 is 15.8 Å². The number of hydrazine groups is 1. The smallest absolute Gasteiger partial charge is 0.254 e. The van der Waals surface area contributed by atoms with Gasteiger partial charge in [0, 0.05) is 57.5 Å². The molecule has 0 spiro atoms. The highest BCUT2D eigenvalue weighted by atomic mass is 16.5. The number of amides is 1. The summed E-state index contributed by atoms with van der Waals surface area (Å²) in [5, 5.41) is 0. The lowest BCUT2D eigenvalue weighted by molar-refractivity contribution is 0.0704. The van der Waals surface area contributed by atoms with Crippen molar-refractivity contribution in [3.63, 3.8) is 0 Å². The molecule has 1 amide bonds. The molecular formula is C23H32N6O2. The average molecular weight is 425 g/mol. The summed E-state index contributed by atoms with van der Waals surface area (Å²) in [6, 6.07) is 10.0.